The molecule has 0 saturated heterocycles. The average Bonchev–Trinajstić information content (AvgIpc) is 2.14. The van der Waals surface area contributed by atoms with E-state index in [9.17, 15) is 9.59 Å². The normalized spacial score (nSPS) is 16.6. The zero-order chi connectivity index (χ0) is 10.8. The lowest BCUT2D eigenvalue weighted by Gasteiger charge is -2.15. The Labute approximate surface area is 88.0 Å². The number of hydrogen-bond acceptors (Lipinski definition) is 2. The number of hydrogen-bond donors (Lipinski definition) is 1. The molecule has 1 aromatic rings. The van der Waals surface area contributed by atoms with Gasteiger partial charge < -0.3 is 4.57 Å². The van der Waals surface area contributed by atoms with E-state index in [2.05, 4.69) is 4.98 Å². The molecule has 82 valence electrons. The minimum absolute atomic E-state index is 0.185. The third-order valence-electron chi connectivity index (χ3n) is 3.14. The van der Waals surface area contributed by atoms with Gasteiger partial charge in [-0.1, -0.05) is 12.8 Å². The van der Waals surface area contributed by atoms with Crippen molar-refractivity contribution in [2.45, 2.75) is 38.5 Å². The Hall–Kier alpha value is -1.32. The van der Waals surface area contributed by atoms with E-state index in [1.54, 1.807) is 11.6 Å². The van der Waals surface area contributed by atoms with E-state index >= 15 is 0 Å². The highest BCUT2D eigenvalue weighted by Crippen LogP contribution is 2.15. The van der Waals surface area contributed by atoms with Gasteiger partial charge in [-0.15, -0.1) is 0 Å². The first-order valence-corrected chi connectivity index (χ1v) is 5.51. The summed E-state index contributed by atoms with van der Waals surface area (Å²) >= 11 is 0. The molecular formula is C11H16N2O2. The highest BCUT2D eigenvalue weighted by atomic mass is 16.2. The molecule has 1 aliphatic rings. The molecule has 0 amide bonds. The molecule has 0 spiro atoms. The maximum absolute atomic E-state index is 11.6. The molecule has 1 heterocycles. The maximum atomic E-state index is 11.6. The van der Waals surface area contributed by atoms with Crippen LogP contribution in [0.5, 0.6) is 0 Å². The topological polar surface area (TPSA) is 54.9 Å². The molecule has 0 bridgehead atoms. The second-order valence-corrected chi connectivity index (χ2v) is 4.16. The van der Waals surface area contributed by atoms with Crippen molar-refractivity contribution in [3.05, 3.63) is 32.1 Å². The second kappa shape index (κ2) is 4.04. The summed E-state index contributed by atoms with van der Waals surface area (Å²) in [7, 11) is 1.73. The molecule has 0 unspecified atom stereocenters. The molecule has 0 radical (unpaired) electrons. The Kier molecular flexibility index (Phi) is 2.75. The van der Waals surface area contributed by atoms with E-state index in [1.165, 1.54) is 12.8 Å². The van der Waals surface area contributed by atoms with Gasteiger partial charge >= 0.3 is 5.69 Å². The lowest BCUT2D eigenvalue weighted by Crippen LogP contribution is -2.34. The van der Waals surface area contributed by atoms with Gasteiger partial charge in [0, 0.05) is 18.3 Å². The van der Waals surface area contributed by atoms with Gasteiger partial charge in [0.2, 0.25) is 0 Å². The van der Waals surface area contributed by atoms with Crippen LogP contribution in [0.2, 0.25) is 0 Å². The van der Waals surface area contributed by atoms with E-state index in [1.807, 2.05) is 0 Å². The van der Waals surface area contributed by atoms with Crippen LogP contribution in [0.3, 0.4) is 0 Å². The van der Waals surface area contributed by atoms with Gasteiger partial charge in [-0.05, 0) is 25.7 Å². The molecule has 0 aliphatic heterocycles. The molecule has 2 rings (SSSR count). The van der Waals surface area contributed by atoms with E-state index in [-0.39, 0.29) is 11.2 Å². The second-order valence-electron chi connectivity index (χ2n) is 4.16. The quantitative estimate of drug-likeness (QED) is 0.683. The Morgan fingerprint density at radius 1 is 1.07 bits per heavy atom. The molecule has 1 aromatic heterocycles. The number of aromatic amines is 1. The lowest BCUT2D eigenvalue weighted by atomic mass is 9.98. The van der Waals surface area contributed by atoms with Gasteiger partial charge in [-0.25, -0.2) is 4.79 Å². The SMILES string of the molecule is Cn1c2c(c(=O)[nH]c1=O)CCCCCC2. The number of aromatic nitrogens is 2. The Balaban J connectivity index is 2.60. The molecule has 1 N–H and O–H groups in total. The molecule has 0 atom stereocenters. The molecule has 0 fully saturated rings. The highest BCUT2D eigenvalue weighted by Gasteiger charge is 2.13. The molecule has 15 heavy (non-hydrogen) atoms. The van der Waals surface area contributed by atoms with Crippen LogP contribution in [0, 0.1) is 0 Å². The molecule has 0 saturated carbocycles. The van der Waals surface area contributed by atoms with Crippen LogP contribution < -0.4 is 11.2 Å². The van der Waals surface area contributed by atoms with E-state index in [0.717, 1.165) is 36.9 Å². The van der Waals surface area contributed by atoms with Crippen molar-refractivity contribution >= 4 is 0 Å². The van der Waals surface area contributed by atoms with Gasteiger partial charge in [-0.3, -0.25) is 9.78 Å². The zero-order valence-electron chi connectivity index (χ0n) is 9.01. The third-order valence-corrected chi connectivity index (χ3v) is 3.14. The number of fused-ring (bicyclic) bond motifs is 1. The third kappa shape index (κ3) is 1.89. The fraction of sp³-hybridized carbons (Fsp3) is 0.636. The van der Waals surface area contributed by atoms with Gasteiger partial charge in [-0.2, -0.15) is 0 Å². The van der Waals surface area contributed by atoms with Gasteiger partial charge in [0.05, 0.1) is 0 Å². The van der Waals surface area contributed by atoms with Gasteiger partial charge in [0.1, 0.15) is 0 Å². The van der Waals surface area contributed by atoms with E-state index < -0.39 is 0 Å². The summed E-state index contributed by atoms with van der Waals surface area (Å²) in [5.74, 6) is 0. The predicted molar refractivity (Wildman–Crippen MR) is 58.2 cm³/mol. The predicted octanol–water partition coefficient (Wildman–Crippen LogP) is 0.733. The van der Waals surface area contributed by atoms with Crippen LogP contribution in [-0.4, -0.2) is 9.55 Å². The first-order chi connectivity index (χ1) is 7.20. The van der Waals surface area contributed by atoms with Crippen LogP contribution in [0.1, 0.15) is 36.9 Å². The zero-order valence-corrected chi connectivity index (χ0v) is 9.01. The van der Waals surface area contributed by atoms with Crippen molar-refractivity contribution in [1.82, 2.24) is 9.55 Å². The largest absolute Gasteiger partial charge is 0.328 e. The molecule has 4 nitrogen and oxygen atoms in total. The summed E-state index contributed by atoms with van der Waals surface area (Å²) in [5.41, 5.74) is 1.27. The number of nitrogens with one attached hydrogen (secondary N) is 1. The fourth-order valence-corrected chi connectivity index (χ4v) is 2.24. The van der Waals surface area contributed by atoms with Crippen LogP contribution in [0.15, 0.2) is 9.59 Å². The minimum atomic E-state index is -0.292. The van der Waals surface area contributed by atoms with Crippen LogP contribution in [-0.2, 0) is 19.9 Å². The van der Waals surface area contributed by atoms with E-state index in [4.69, 9.17) is 0 Å². The summed E-state index contributed by atoms with van der Waals surface area (Å²) in [6.07, 6.45) is 6.16. The van der Waals surface area contributed by atoms with Crippen molar-refractivity contribution in [1.29, 1.82) is 0 Å². The Bertz CT molecular complexity index is 470. The maximum Gasteiger partial charge on any atom is 0.328 e. The van der Waals surface area contributed by atoms with Crippen LogP contribution in [0.25, 0.3) is 0 Å². The van der Waals surface area contributed by atoms with E-state index in [0.29, 0.717) is 0 Å². The molecular weight excluding hydrogens is 192 g/mol. The van der Waals surface area contributed by atoms with Crippen molar-refractivity contribution in [3.8, 4) is 0 Å². The first-order valence-electron chi connectivity index (χ1n) is 5.51. The summed E-state index contributed by atoms with van der Waals surface area (Å²) in [6, 6.07) is 0. The molecule has 4 heteroatoms. The van der Waals surface area contributed by atoms with Crippen molar-refractivity contribution < 1.29 is 0 Å². The highest BCUT2D eigenvalue weighted by molar-refractivity contribution is 5.18. The van der Waals surface area contributed by atoms with Crippen molar-refractivity contribution in [2.75, 3.05) is 0 Å². The smallest absolute Gasteiger partial charge is 0.301 e. The number of nitrogens with zero attached hydrogens (tertiary/aromatic N) is 1. The molecule has 1 aliphatic carbocycles. The monoisotopic (exact) mass is 208 g/mol. The van der Waals surface area contributed by atoms with Crippen LogP contribution >= 0.6 is 0 Å². The number of H-pyrrole nitrogens is 1. The average molecular weight is 208 g/mol. The molecule has 0 aromatic carbocycles. The van der Waals surface area contributed by atoms with Gasteiger partial charge in [0.25, 0.3) is 5.56 Å². The summed E-state index contributed by atoms with van der Waals surface area (Å²) < 4.78 is 1.59. The first kappa shape index (κ1) is 10.2. The lowest BCUT2D eigenvalue weighted by molar-refractivity contribution is 0.576. The summed E-state index contributed by atoms with van der Waals surface area (Å²) in [6.45, 7) is 0. The van der Waals surface area contributed by atoms with Crippen molar-refractivity contribution in [2.24, 2.45) is 7.05 Å². The Morgan fingerprint density at radius 2 is 1.73 bits per heavy atom. The summed E-state index contributed by atoms with van der Waals surface area (Å²) in [4.78, 5) is 25.4. The van der Waals surface area contributed by atoms with Crippen molar-refractivity contribution in [3.63, 3.8) is 0 Å². The standard InChI is InChI=1S/C11H16N2O2/c1-13-9-7-5-3-2-4-6-8(9)10(14)12-11(13)15/h2-7H2,1H3,(H,12,14,15). The number of rotatable bonds is 0. The fourth-order valence-electron chi connectivity index (χ4n) is 2.24. The minimum Gasteiger partial charge on any atom is -0.301 e. The van der Waals surface area contributed by atoms with Gasteiger partial charge in [0.15, 0.2) is 0 Å². The Morgan fingerprint density at radius 3 is 2.47 bits per heavy atom. The summed E-state index contributed by atoms with van der Waals surface area (Å²) in [5, 5.41) is 0. The van der Waals surface area contributed by atoms with Crippen LogP contribution in [0.4, 0.5) is 0 Å².